The smallest absolute Gasteiger partial charge is 0.423 e. The Morgan fingerprint density at radius 2 is 0.675 bits per heavy atom. The first-order valence-corrected chi connectivity index (χ1v) is 46.3. The number of hydrogen-bond acceptors (Lipinski definition) is 12. The van der Waals surface area contributed by atoms with Gasteiger partial charge in [-0.3, -0.25) is 46.8 Å². The van der Waals surface area contributed by atoms with Crippen molar-refractivity contribution >= 4 is 411 Å². The van der Waals surface area contributed by atoms with Gasteiger partial charge in [0.25, 0.3) is 22.7 Å². The molecule has 0 aromatic heterocycles. The van der Waals surface area contributed by atoms with Gasteiger partial charge < -0.3 is 27.9 Å². The molecular formula is C64H66B17Br6Cl7I2N6O10Si2-6. The van der Waals surface area contributed by atoms with E-state index in [2.05, 4.69) is 232 Å². The predicted molar refractivity (Wildman–Crippen MR) is 565 cm³/mol. The van der Waals surface area contributed by atoms with E-state index in [1.165, 1.54) is 88.3 Å². The van der Waals surface area contributed by atoms with Crippen LogP contribution in [-0.2, 0) is 0 Å². The molecule has 0 fully saturated rings. The van der Waals surface area contributed by atoms with Gasteiger partial charge in [-0.05, 0) is 238 Å². The van der Waals surface area contributed by atoms with E-state index >= 15 is 0 Å². The summed E-state index contributed by atoms with van der Waals surface area (Å²) in [5, 5.41) is 66.0. The first-order chi connectivity index (χ1) is 52.6. The molecule has 582 valence electrons. The van der Waals surface area contributed by atoms with Crippen LogP contribution in [0.4, 0.5) is 34.1 Å². The quantitative estimate of drug-likeness (QED) is 0.0276. The number of nitrogen functional groups attached to an aromatic ring is 2. The van der Waals surface area contributed by atoms with Crippen molar-refractivity contribution in [1.82, 2.24) is 0 Å². The number of nitrogens with zero attached hydrogens (tertiary/aromatic N) is 4. The number of halogens is 15. The topological polar surface area (TPSA) is 265 Å². The molecule has 1 heterocycles. The first kappa shape index (κ1) is 109. The van der Waals surface area contributed by atoms with E-state index in [1.54, 1.807) is 36.7 Å². The maximum Gasteiger partial charge on any atom is 0.495 e. The van der Waals surface area contributed by atoms with Gasteiger partial charge in [-0.15, -0.1) is 67.2 Å². The van der Waals surface area contributed by atoms with Gasteiger partial charge in [0.1, 0.15) is 8.07 Å². The monoisotopic (exact) mass is 2290 g/mol. The van der Waals surface area contributed by atoms with E-state index < -0.39 is 53.7 Å². The van der Waals surface area contributed by atoms with Crippen LogP contribution in [0.25, 0.3) is 44.5 Å². The maximum absolute atomic E-state index is 11.1. The number of nitro benzene ring substituents is 4. The van der Waals surface area contributed by atoms with Gasteiger partial charge in [0.05, 0.1) is 40.8 Å². The molecule has 10 aromatic rings. The zero-order valence-corrected chi connectivity index (χ0v) is 77.6. The molecule has 1 aliphatic rings. The van der Waals surface area contributed by atoms with Crippen molar-refractivity contribution in [2.24, 2.45) is 0 Å². The minimum atomic E-state index is -1.86. The van der Waals surface area contributed by atoms with E-state index in [9.17, 15) is 40.5 Å². The highest BCUT2D eigenvalue weighted by Crippen LogP contribution is 2.40. The Balaban J connectivity index is 0.000000654. The highest BCUT2D eigenvalue weighted by molar-refractivity contribution is 14.1. The minimum absolute atomic E-state index is 0.0689. The van der Waals surface area contributed by atoms with Crippen LogP contribution in [-0.4, -0.2) is 170 Å². The third-order valence-corrected chi connectivity index (χ3v) is 22.9. The molecule has 10 aromatic carbocycles. The molecule has 6 N–H and O–H groups in total. The lowest BCUT2D eigenvalue weighted by molar-refractivity contribution is -0.386. The van der Waals surface area contributed by atoms with Crippen LogP contribution in [0.3, 0.4) is 0 Å². The minimum Gasteiger partial charge on any atom is -0.423 e. The van der Waals surface area contributed by atoms with Gasteiger partial charge in [0.15, 0.2) is 0 Å². The van der Waals surface area contributed by atoms with Gasteiger partial charge >= 0.3 is 7.12 Å². The van der Waals surface area contributed by atoms with Crippen molar-refractivity contribution in [3.8, 4) is 44.5 Å². The van der Waals surface area contributed by atoms with Gasteiger partial charge in [-0.1, -0.05) is 209 Å². The molecule has 114 heavy (non-hydrogen) atoms. The Bertz CT molecular complexity index is 4570. The molecule has 0 amide bonds. The number of benzene rings is 10. The van der Waals surface area contributed by atoms with Crippen LogP contribution in [0.2, 0.25) is 51.3 Å². The van der Waals surface area contributed by atoms with Crippen LogP contribution in [0.15, 0.2) is 209 Å². The lowest BCUT2D eigenvalue weighted by atomic mass is 9.08. The molecule has 0 spiro atoms. The SMILES string of the molecule is C[Si](C)(Cl)Cl.C[Si]1(C)c2cc(Cl)ccc2-c2ccc(Br)cc21.Clc1ccc(-c2ccc(Br)cc2I)c(I)c1.Nc1cc(Cl)ccc1-c1ccc(Br)cc1N.O=[N+]([O-])c1cc(Br)ccc1Br.O=[N+]([O-])c1cc(Cl)ccc1-c1ccc(Br)cc1[N+](=O)[O-].O=[N+]([O-])c1cc(Cl)ccc1B(O)O.[BH3-]B([BH3-])[BH3-].[B]B([BH3-])[BH3-].[B]B([B])[BH3-].[B]B([B])[B]. The molecule has 0 aliphatic carbocycles. The van der Waals surface area contributed by atoms with Crippen molar-refractivity contribution in [1.29, 1.82) is 0 Å². The summed E-state index contributed by atoms with van der Waals surface area (Å²) in [6, 6.07) is 53.1. The van der Waals surface area contributed by atoms with Gasteiger partial charge in [0, 0.05) is 131 Å². The number of nitrogens with two attached hydrogens (primary N) is 2. The molecule has 0 saturated carbocycles. The van der Waals surface area contributed by atoms with E-state index in [-0.39, 0.29) is 57.8 Å². The van der Waals surface area contributed by atoms with Crippen LogP contribution >= 0.6 is 221 Å². The molecule has 1 aliphatic heterocycles. The number of fused-ring (bicyclic) bond motifs is 3. The first-order valence-electron chi connectivity index (χ1n) is 29.5. The van der Waals surface area contributed by atoms with E-state index in [4.69, 9.17) is 125 Å². The highest BCUT2D eigenvalue weighted by Gasteiger charge is 2.37. The normalized spacial score (nSPS) is 10.5. The summed E-state index contributed by atoms with van der Waals surface area (Å²) in [4.78, 5) is 40.5. The summed E-state index contributed by atoms with van der Waals surface area (Å²) < 4.78 is 7.32. The Morgan fingerprint density at radius 3 is 1.06 bits per heavy atom. The predicted octanol–water partition coefficient (Wildman–Crippen LogP) is 12.7. The van der Waals surface area contributed by atoms with Gasteiger partial charge in [-0.2, -0.15) is 0 Å². The lowest BCUT2D eigenvalue weighted by Crippen LogP contribution is -2.49. The fourth-order valence-electron chi connectivity index (χ4n) is 8.94. The summed E-state index contributed by atoms with van der Waals surface area (Å²) in [7, 11) is 30.1. The molecule has 0 saturated heterocycles. The standard InChI is InChI=1S/C14H12BrClSi.C12H6BrClI2.C12H6BrClN2O4.C12H10BrClN2.C6H5BClNO4.C6H3Br2NO2.C2H6Cl2Si.B4H9.B4H6.B4H3.B4/c1-17(2)13-7-9(15)3-5-11(13)12-6-4-10(16)8-14(12)17;13-7-1-3-9(11(15)5-7)10-4-2-8(14)6-12(10)16;13-7-1-3-9(11(5-7)15(17)18)10-4-2-8(14)6-12(10)16(19)20;13-7-1-3-9(11(15)5-7)10-4-2-8(14)6-12(10)16;8-4-1-2-5(7(10)11)6(3-4)9(12)13;7-4-1-2-5(8)6(3-4)9(10)11;1-5(2,3)4;4*1-4(2)3/h3-8H,1-2H3;1-6H;1-6H;1-6H,15-16H2;1-3,10-11H;1-3H;1-2H3;1-3H3;1-2H3;1H3;/q;;;;;;;-3;-2;-1;. The molecule has 12 radical (unpaired) electrons. The summed E-state index contributed by atoms with van der Waals surface area (Å²) in [5.74, 6) is 0. The van der Waals surface area contributed by atoms with Crippen molar-refractivity contribution < 1.29 is 29.7 Å². The Labute approximate surface area is 794 Å². The third kappa shape index (κ3) is 41.7. The van der Waals surface area contributed by atoms with E-state index in [0.29, 0.717) is 45.3 Å². The average molecular weight is 2300 g/mol. The van der Waals surface area contributed by atoms with Crippen molar-refractivity contribution in [2.45, 2.75) is 26.2 Å². The second-order valence-corrected chi connectivity index (χ2v) is 45.0. The fourth-order valence-corrected chi connectivity index (χ4v) is 17.6. The zero-order valence-electron chi connectivity index (χ0n) is 56.4. The molecule has 0 unspecified atom stereocenters. The summed E-state index contributed by atoms with van der Waals surface area (Å²) in [6.45, 7) is 6.83. The molecular weight excluding hydrogens is 2230 g/mol. The van der Waals surface area contributed by atoms with Crippen LogP contribution in [0, 0.1) is 47.6 Å². The van der Waals surface area contributed by atoms with Crippen LogP contribution in [0.5, 0.6) is 0 Å². The number of rotatable bonds is 8. The van der Waals surface area contributed by atoms with Crippen LogP contribution in [0.1, 0.15) is 0 Å². The zero-order chi connectivity index (χ0) is 87.7. The Hall–Kier alpha value is -2.77. The largest absolute Gasteiger partial charge is 0.495 e. The van der Waals surface area contributed by atoms with Crippen LogP contribution < -0.4 is 27.3 Å². The van der Waals surface area contributed by atoms with Crippen molar-refractivity contribution in [3.63, 3.8) is 0 Å². The second-order valence-electron chi connectivity index (χ2n) is 21.8. The Morgan fingerprint density at radius 1 is 0.412 bits per heavy atom. The number of hydrogen-bond donors (Lipinski definition) is 4. The molecule has 11 rings (SSSR count). The summed E-state index contributed by atoms with van der Waals surface area (Å²) in [6.07, 6.45) is 1.83. The molecule has 0 atom stereocenters. The lowest BCUT2D eigenvalue weighted by Gasteiger charge is -2.18. The average Bonchev–Trinajstić information content (AvgIpc) is 1.58. The third-order valence-electron chi connectivity index (χ3n) is 13.2. The summed E-state index contributed by atoms with van der Waals surface area (Å²) in [5.41, 5.74) is 19.5. The maximum atomic E-state index is 11.1. The van der Waals surface area contributed by atoms with E-state index in [1.807, 2.05) is 55.6 Å². The number of nitro groups is 4. The fraction of sp³-hybridized carbons (Fsp3) is 0.0625. The Kier molecular flexibility index (Phi) is 51.6. The molecule has 0 bridgehead atoms. The van der Waals surface area contributed by atoms with E-state index in [0.717, 1.165) is 70.3 Å². The molecule has 16 nitrogen and oxygen atoms in total. The number of anilines is 2. The molecule has 50 heteroatoms. The van der Waals surface area contributed by atoms with Crippen molar-refractivity contribution in [2.75, 3.05) is 11.5 Å². The highest BCUT2D eigenvalue weighted by atomic mass is 127. The van der Waals surface area contributed by atoms with Gasteiger partial charge in [0.2, 0.25) is 6.69 Å². The van der Waals surface area contributed by atoms with Crippen molar-refractivity contribution in [3.05, 3.63) is 282 Å². The second kappa shape index (κ2) is 53.9. The summed E-state index contributed by atoms with van der Waals surface area (Å²) >= 11 is 64.5. The van der Waals surface area contributed by atoms with Gasteiger partial charge in [-0.25, -0.2) is 0 Å².